The molecule has 0 heterocycles. The predicted octanol–water partition coefficient (Wildman–Crippen LogP) is 1.22. The number of anilines is 1. The van der Waals surface area contributed by atoms with Crippen molar-refractivity contribution in [3.63, 3.8) is 0 Å². The molecule has 1 fully saturated rings. The van der Waals surface area contributed by atoms with Crippen LogP contribution in [0.4, 0.5) is 5.69 Å². The summed E-state index contributed by atoms with van der Waals surface area (Å²) in [6, 6.07) is 8.78. The molecule has 7 N–H and O–H groups in total. The fourth-order valence-electron chi connectivity index (χ4n) is 6.61. The number of hydrogen-bond donors (Lipinski definition) is 6. The number of likely N-dealkylation sites (N-methyl/N-ethyl adjacent to an activating group) is 1. The summed E-state index contributed by atoms with van der Waals surface area (Å²) in [7, 11) is 4.49. The molecule has 2 aromatic carbocycles. The second-order valence-corrected chi connectivity index (χ2v) is 11.0. The second-order valence-electron chi connectivity index (χ2n) is 11.0. The quantitative estimate of drug-likeness (QED) is 0.271. The molecule has 0 bridgehead atoms. The molecular weight excluding hydrogens is 546 g/mol. The SMILES string of the molecule is COCC(=O)Nc1cccc(-c2ccc(O)c3c2C[C@@H]2C[C@@H]4C(N(C)C)C(=O)C(C(N)=O)=C(O)[C@]4(O)C(=O)C2=C3O)c1. The molecule has 1 saturated carbocycles. The lowest BCUT2D eigenvalue weighted by Gasteiger charge is -2.50. The van der Waals surface area contributed by atoms with E-state index >= 15 is 0 Å². The topological polar surface area (TPSA) is 200 Å². The maximum Gasteiger partial charge on any atom is 0.255 e. The van der Waals surface area contributed by atoms with E-state index in [-0.39, 0.29) is 42.2 Å². The molecule has 0 spiro atoms. The Bertz CT molecular complexity index is 1610. The molecule has 5 rings (SSSR count). The molecule has 0 aliphatic heterocycles. The van der Waals surface area contributed by atoms with Crippen LogP contribution in [0.5, 0.6) is 5.75 Å². The lowest BCUT2D eigenvalue weighted by atomic mass is 9.57. The minimum Gasteiger partial charge on any atom is -0.508 e. The summed E-state index contributed by atoms with van der Waals surface area (Å²) in [5.41, 5.74) is 3.83. The van der Waals surface area contributed by atoms with Crippen molar-refractivity contribution in [3.8, 4) is 16.9 Å². The number of ether oxygens (including phenoxy) is 1. The van der Waals surface area contributed by atoms with E-state index in [1.165, 1.54) is 18.1 Å². The summed E-state index contributed by atoms with van der Waals surface area (Å²) < 4.78 is 4.86. The third kappa shape index (κ3) is 4.26. The van der Waals surface area contributed by atoms with Crippen LogP contribution in [0.25, 0.3) is 16.9 Å². The molecule has 3 aliphatic rings. The van der Waals surface area contributed by atoms with E-state index in [9.17, 15) is 39.6 Å². The van der Waals surface area contributed by atoms with Gasteiger partial charge in [-0.3, -0.25) is 24.1 Å². The Morgan fingerprint density at radius 1 is 1.14 bits per heavy atom. The Hall–Kier alpha value is -4.52. The lowest BCUT2D eigenvalue weighted by Crippen LogP contribution is -2.65. The number of benzene rings is 2. The number of nitrogens with zero attached hydrogens (tertiary/aromatic N) is 1. The number of aliphatic hydroxyl groups is 3. The molecule has 42 heavy (non-hydrogen) atoms. The lowest BCUT2D eigenvalue weighted by molar-refractivity contribution is -0.153. The van der Waals surface area contributed by atoms with E-state index in [0.29, 0.717) is 22.4 Å². The van der Waals surface area contributed by atoms with Gasteiger partial charge in [-0.1, -0.05) is 18.2 Å². The highest BCUT2D eigenvalue weighted by atomic mass is 16.5. The molecule has 12 nitrogen and oxygen atoms in total. The van der Waals surface area contributed by atoms with Crippen LogP contribution in [0, 0.1) is 11.8 Å². The van der Waals surface area contributed by atoms with Gasteiger partial charge in [-0.25, -0.2) is 0 Å². The normalized spacial score (nSPS) is 25.2. The zero-order valence-corrected chi connectivity index (χ0v) is 23.2. The number of aliphatic hydroxyl groups excluding tert-OH is 2. The number of methoxy groups -OCH3 is 1. The van der Waals surface area contributed by atoms with Crippen molar-refractivity contribution < 1.29 is 44.3 Å². The van der Waals surface area contributed by atoms with E-state index < -0.39 is 58.0 Å². The van der Waals surface area contributed by atoms with E-state index in [0.717, 1.165) is 0 Å². The molecule has 2 amide bonds. The number of nitrogens with two attached hydrogens (primary N) is 1. The number of fused-ring (bicyclic) bond motifs is 3. The van der Waals surface area contributed by atoms with Crippen molar-refractivity contribution in [3.05, 3.63) is 64.4 Å². The minimum atomic E-state index is -2.70. The van der Waals surface area contributed by atoms with Crippen molar-refractivity contribution in [1.82, 2.24) is 4.90 Å². The number of ketones is 2. The van der Waals surface area contributed by atoms with E-state index in [1.807, 2.05) is 0 Å². The minimum absolute atomic E-state index is 0.0161. The van der Waals surface area contributed by atoms with Gasteiger partial charge in [-0.15, -0.1) is 0 Å². The first-order valence-electron chi connectivity index (χ1n) is 13.2. The highest BCUT2D eigenvalue weighted by Crippen LogP contribution is 2.53. The van der Waals surface area contributed by atoms with Gasteiger partial charge < -0.3 is 36.2 Å². The Morgan fingerprint density at radius 3 is 2.50 bits per heavy atom. The average Bonchev–Trinajstić information content (AvgIpc) is 2.90. The molecule has 0 radical (unpaired) electrons. The number of amides is 2. The molecule has 2 aromatic rings. The zero-order valence-electron chi connectivity index (χ0n) is 23.2. The molecule has 12 heteroatoms. The van der Waals surface area contributed by atoms with Gasteiger partial charge in [-0.05, 0) is 67.7 Å². The highest BCUT2D eigenvalue weighted by molar-refractivity contribution is 6.24. The van der Waals surface area contributed by atoms with Gasteiger partial charge in [0.2, 0.25) is 11.7 Å². The highest BCUT2D eigenvalue weighted by Gasteiger charge is 2.64. The van der Waals surface area contributed by atoms with Gasteiger partial charge >= 0.3 is 0 Å². The average molecular weight is 578 g/mol. The van der Waals surface area contributed by atoms with E-state index in [2.05, 4.69) is 5.32 Å². The van der Waals surface area contributed by atoms with Crippen LogP contribution >= 0.6 is 0 Å². The van der Waals surface area contributed by atoms with Gasteiger partial charge in [0, 0.05) is 24.3 Å². The Morgan fingerprint density at radius 2 is 1.86 bits per heavy atom. The van der Waals surface area contributed by atoms with Crippen LogP contribution in [0.15, 0.2) is 53.3 Å². The predicted molar refractivity (Wildman–Crippen MR) is 150 cm³/mol. The summed E-state index contributed by atoms with van der Waals surface area (Å²) >= 11 is 0. The summed E-state index contributed by atoms with van der Waals surface area (Å²) in [4.78, 5) is 52.9. The first-order chi connectivity index (χ1) is 19.8. The number of hydrogen-bond acceptors (Lipinski definition) is 10. The van der Waals surface area contributed by atoms with Gasteiger partial charge in [0.05, 0.1) is 11.6 Å². The number of nitrogens with one attached hydrogen (secondary N) is 1. The summed E-state index contributed by atoms with van der Waals surface area (Å²) in [5.74, 6) is -7.43. The van der Waals surface area contributed by atoms with E-state index in [4.69, 9.17) is 10.5 Å². The number of aromatic hydroxyl groups is 1. The Labute approximate surface area is 240 Å². The van der Waals surface area contributed by atoms with Gasteiger partial charge in [-0.2, -0.15) is 0 Å². The monoisotopic (exact) mass is 577 g/mol. The number of phenols is 1. The maximum absolute atomic E-state index is 14.0. The van der Waals surface area contributed by atoms with Crippen LogP contribution in [-0.2, 0) is 30.3 Å². The first kappa shape index (κ1) is 29.0. The zero-order chi connectivity index (χ0) is 30.7. The van der Waals surface area contributed by atoms with Gasteiger partial charge in [0.1, 0.15) is 29.4 Å². The van der Waals surface area contributed by atoms with Crippen LogP contribution in [0.1, 0.15) is 17.5 Å². The van der Waals surface area contributed by atoms with E-state index in [1.54, 1.807) is 44.4 Å². The number of carbonyl (C=O) groups is 4. The first-order valence-corrected chi connectivity index (χ1v) is 13.2. The second kappa shape index (κ2) is 10.4. The molecule has 220 valence electrons. The van der Waals surface area contributed by atoms with Crippen molar-refractivity contribution in [1.29, 1.82) is 0 Å². The summed E-state index contributed by atoms with van der Waals surface area (Å²) in [6.45, 7) is -0.133. The van der Waals surface area contributed by atoms with Crippen molar-refractivity contribution >= 4 is 34.8 Å². The third-order valence-corrected chi connectivity index (χ3v) is 8.34. The number of primary amides is 1. The largest absolute Gasteiger partial charge is 0.508 e. The van der Waals surface area contributed by atoms with Crippen LogP contribution in [0.2, 0.25) is 0 Å². The fraction of sp³-hybridized carbons (Fsp3) is 0.333. The fourth-order valence-corrected chi connectivity index (χ4v) is 6.61. The van der Waals surface area contributed by atoms with Crippen molar-refractivity contribution in [2.45, 2.75) is 24.5 Å². The van der Waals surface area contributed by atoms with Crippen molar-refractivity contribution in [2.24, 2.45) is 17.6 Å². The summed E-state index contributed by atoms with van der Waals surface area (Å²) in [6.07, 6.45) is 0.118. The van der Waals surface area contributed by atoms with Crippen LogP contribution < -0.4 is 11.1 Å². The Balaban J connectivity index is 1.66. The molecule has 4 atom stereocenters. The third-order valence-electron chi connectivity index (χ3n) is 8.34. The number of phenolic OH excluding ortho intramolecular Hbond substituents is 1. The van der Waals surface area contributed by atoms with Crippen LogP contribution in [-0.4, -0.2) is 88.2 Å². The maximum atomic E-state index is 14.0. The standard InChI is InChI=1S/C30H31N3O9/c1-33(2)24-18-11-14-10-17-16(13-5-4-6-15(9-13)32-20(35)12-42-3)7-8-19(34)22(17)25(36)21(14)27(38)30(18,41)28(39)23(26(24)37)29(31)40/h4-9,14,18,24,34,36,39,41H,10-12H2,1-3H3,(H2,31,40)(H,32,35)/t14-,18-,24?,30-/m1/s1. The number of Topliss-reactive ketones (excluding diaryl/α,β-unsaturated/α-hetero) is 2. The molecular formula is C30H31N3O9. The number of carbonyl (C=O) groups excluding carboxylic acids is 4. The Kier molecular flexibility index (Phi) is 7.17. The molecule has 0 aromatic heterocycles. The molecule has 0 saturated heterocycles. The van der Waals surface area contributed by atoms with Gasteiger partial charge in [0.25, 0.3) is 5.91 Å². The smallest absolute Gasteiger partial charge is 0.255 e. The van der Waals surface area contributed by atoms with Crippen molar-refractivity contribution in [2.75, 3.05) is 33.1 Å². The molecule has 1 unspecified atom stereocenters. The van der Waals surface area contributed by atoms with Gasteiger partial charge in [0.15, 0.2) is 11.4 Å². The van der Waals surface area contributed by atoms with Crippen LogP contribution in [0.3, 0.4) is 0 Å². The molecule has 3 aliphatic carbocycles. The number of rotatable bonds is 6. The summed E-state index contributed by atoms with van der Waals surface area (Å²) in [5, 5.41) is 47.7.